The lowest BCUT2D eigenvalue weighted by molar-refractivity contribution is 1.69. The average molecular weight is 807 g/mol. The first kappa shape index (κ1) is 35.3. The summed E-state index contributed by atoms with van der Waals surface area (Å²) in [5.41, 5.74) is 7.58. The lowest BCUT2D eigenvalue weighted by Gasteiger charge is -2.22. The smallest absolute Gasteiger partial charge is 0.00139 e. The van der Waals surface area contributed by atoms with Crippen LogP contribution in [0.1, 0.15) is 0 Å². The Balaban J connectivity index is 1.01. The first-order chi connectivity index (χ1) is 31.7. The Kier molecular flexibility index (Phi) is 7.49. The van der Waals surface area contributed by atoms with E-state index in [1.54, 1.807) is 0 Å². The van der Waals surface area contributed by atoms with Gasteiger partial charge in [0.1, 0.15) is 0 Å². The zero-order valence-corrected chi connectivity index (χ0v) is 34.9. The van der Waals surface area contributed by atoms with E-state index in [0.29, 0.717) is 0 Å². The highest BCUT2D eigenvalue weighted by molar-refractivity contribution is 6.30. The third-order valence-corrected chi connectivity index (χ3v) is 14.1. The van der Waals surface area contributed by atoms with Crippen molar-refractivity contribution in [2.45, 2.75) is 0 Å². The van der Waals surface area contributed by atoms with E-state index in [1.807, 2.05) is 0 Å². The summed E-state index contributed by atoms with van der Waals surface area (Å²) in [5.74, 6) is 0. The molecule has 0 spiro atoms. The first-order valence-electron chi connectivity index (χ1n) is 22.3. The average Bonchev–Trinajstić information content (AvgIpc) is 3.36. The van der Waals surface area contributed by atoms with E-state index in [2.05, 4.69) is 231 Å². The Morgan fingerprint density at radius 3 is 0.781 bits per heavy atom. The van der Waals surface area contributed by atoms with Crippen molar-refractivity contribution in [1.29, 1.82) is 0 Å². The second-order valence-corrected chi connectivity index (χ2v) is 17.5. The largest absolute Gasteiger partial charge is 0.0616 e. The Morgan fingerprint density at radius 2 is 0.422 bits per heavy atom. The van der Waals surface area contributed by atoms with E-state index in [0.717, 1.165) is 0 Å². The molecule has 0 bridgehead atoms. The molecule has 0 unspecified atom stereocenters. The second-order valence-electron chi connectivity index (χ2n) is 17.5. The maximum atomic E-state index is 2.41. The fraction of sp³-hybridized carbons (Fsp3) is 0. The number of rotatable bonds is 3. The van der Waals surface area contributed by atoms with Gasteiger partial charge in [-0.1, -0.05) is 194 Å². The van der Waals surface area contributed by atoms with Crippen LogP contribution < -0.4 is 0 Å². The van der Waals surface area contributed by atoms with Crippen molar-refractivity contribution in [3.05, 3.63) is 231 Å². The SMILES string of the molecule is c1ccc2c(c1)ccc1cc3cc(-c4c5ccccc5c(-c5c6ccccc6c(-c6ccc7cc8c(ccc9ccccc98)cc7c6)c6ccccc56)c5ccccc45)ccc3cc12. The van der Waals surface area contributed by atoms with Crippen molar-refractivity contribution in [3.8, 4) is 33.4 Å². The summed E-state index contributed by atoms with van der Waals surface area (Å²) < 4.78 is 0. The molecule has 0 aliphatic heterocycles. The maximum Gasteiger partial charge on any atom is -0.00139 e. The van der Waals surface area contributed by atoms with Crippen LogP contribution in [0.25, 0.3) is 141 Å². The lowest BCUT2D eigenvalue weighted by Crippen LogP contribution is -1.94. The molecule has 64 heavy (non-hydrogen) atoms. The minimum atomic E-state index is 1.23. The summed E-state index contributed by atoms with van der Waals surface area (Å²) in [6.07, 6.45) is 0. The molecule has 14 rings (SSSR count). The van der Waals surface area contributed by atoms with Gasteiger partial charge in [0.2, 0.25) is 0 Å². The molecule has 0 N–H and O–H groups in total. The molecule has 0 nitrogen and oxygen atoms in total. The van der Waals surface area contributed by atoms with Gasteiger partial charge in [0.25, 0.3) is 0 Å². The fourth-order valence-electron chi connectivity index (χ4n) is 11.2. The molecule has 0 aliphatic carbocycles. The van der Waals surface area contributed by atoms with Crippen LogP contribution in [0, 0.1) is 0 Å². The number of benzene rings is 14. The number of hydrogen-bond donors (Lipinski definition) is 0. The molecule has 14 aromatic rings. The van der Waals surface area contributed by atoms with Gasteiger partial charge in [-0.25, -0.2) is 0 Å². The van der Waals surface area contributed by atoms with Crippen molar-refractivity contribution in [3.63, 3.8) is 0 Å². The normalized spacial score (nSPS) is 12.1. The highest BCUT2D eigenvalue weighted by atomic mass is 14.3. The van der Waals surface area contributed by atoms with E-state index in [-0.39, 0.29) is 0 Å². The minimum absolute atomic E-state index is 1.23. The van der Waals surface area contributed by atoms with E-state index in [4.69, 9.17) is 0 Å². The molecule has 0 aliphatic rings. The van der Waals surface area contributed by atoms with Gasteiger partial charge in [-0.2, -0.15) is 0 Å². The highest BCUT2D eigenvalue weighted by Gasteiger charge is 2.23. The summed E-state index contributed by atoms with van der Waals surface area (Å²) in [6, 6.07) is 86.4. The van der Waals surface area contributed by atoms with Gasteiger partial charge in [-0.05, 0) is 178 Å². The summed E-state index contributed by atoms with van der Waals surface area (Å²) in [7, 11) is 0. The van der Waals surface area contributed by atoms with Crippen LogP contribution >= 0.6 is 0 Å². The quantitative estimate of drug-likeness (QED) is 0.123. The zero-order chi connectivity index (χ0) is 41.9. The van der Waals surface area contributed by atoms with E-state index in [9.17, 15) is 0 Å². The van der Waals surface area contributed by atoms with Crippen molar-refractivity contribution in [2.75, 3.05) is 0 Å². The Morgan fingerprint density at radius 1 is 0.141 bits per heavy atom. The van der Waals surface area contributed by atoms with Crippen LogP contribution in [-0.2, 0) is 0 Å². The van der Waals surface area contributed by atoms with Crippen molar-refractivity contribution >= 4 is 108 Å². The predicted octanol–water partition coefficient (Wildman–Crippen LogP) is 18.2. The third-order valence-electron chi connectivity index (χ3n) is 14.1. The van der Waals surface area contributed by atoms with Crippen LogP contribution in [0.2, 0.25) is 0 Å². The van der Waals surface area contributed by atoms with Gasteiger partial charge in [-0.15, -0.1) is 0 Å². The predicted molar refractivity (Wildman–Crippen MR) is 278 cm³/mol. The van der Waals surface area contributed by atoms with Crippen molar-refractivity contribution in [1.82, 2.24) is 0 Å². The molecular weight excluding hydrogens is 769 g/mol. The molecule has 0 heteroatoms. The van der Waals surface area contributed by atoms with Gasteiger partial charge < -0.3 is 0 Å². The van der Waals surface area contributed by atoms with Crippen LogP contribution in [0.5, 0.6) is 0 Å². The molecule has 0 amide bonds. The standard InChI is InChI=1S/C64H38/c1-3-15-49-39(13-1)25-29-43-33-47-35-45(31-27-41(47)37-59(43)49)61-51-17-5-9-21-55(51)63(56-22-10-6-18-52(56)61)64-57-23-11-7-19-53(57)62(54-20-8-12-24-58(54)64)46-32-28-42-38-60-44(34-48(42)36-46)30-26-40-14-2-4-16-50(40)60/h1-38H. The minimum Gasteiger partial charge on any atom is -0.0616 e. The Labute approximate surface area is 369 Å². The van der Waals surface area contributed by atoms with Crippen LogP contribution in [0.4, 0.5) is 0 Å². The van der Waals surface area contributed by atoms with Crippen molar-refractivity contribution < 1.29 is 0 Å². The monoisotopic (exact) mass is 806 g/mol. The number of hydrogen-bond acceptors (Lipinski definition) is 0. The summed E-state index contributed by atoms with van der Waals surface area (Å²) in [5, 5.41) is 25.3. The van der Waals surface area contributed by atoms with Crippen LogP contribution in [-0.4, -0.2) is 0 Å². The second kappa shape index (κ2) is 13.6. The molecule has 0 atom stereocenters. The van der Waals surface area contributed by atoms with E-state index < -0.39 is 0 Å². The Hall–Kier alpha value is -8.32. The maximum absolute atomic E-state index is 2.41. The topological polar surface area (TPSA) is 0 Å². The van der Waals surface area contributed by atoms with Gasteiger partial charge in [0.05, 0.1) is 0 Å². The number of fused-ring (bicyclic) bond motifs is 12. The van der Waals surface area contributed by atoms with Gasteiger partial charge in [-0.3, -0.25) is 0 Å². The summed E-state index contributed by atoms with van der Waals surface area (Å²) in [6.45, 7) is 0. The Bertz CT molecular complexity index is 3910. The van der Waals surface area contributed by atoms with E-state index in [1.165, 1.54) is 141 Å². The molecule has 0 fully saturated rings. The zero-order valence-electron chi connectivity index (χ0n) is 34.9. The van der Waals surface area contributed by atoms with E-state index >= 15 is 0 Å². The first-order valence-corrected chi connectivity index (χ1v) is 22.3. The van der Waals surface area contributed by atoms with Gasteiger partial charge >= 0.3 is 0 Å². The molecule has 0 saturated carbocycles. The summed E-state index contributed by atoms with van der Waals surface area (Å²) >= 11 is 0. The molecule has 0 radical (unpaired) electrons. The molecule has 294 valence electrons. The summed E-state index contributed by atoms with van der Waals surface area (Å²) in [4.78, 5) is 0. The van der Waals surface area contributed by atoms with Gasteiger partial charge in [0, 0.05) is 0 Å². The fourth-order valence-corrected chi connectivity index (χ4v) is 11.2. The molecule has 14 aromatic carbocycles. The van der Waals surface area contributed by atoms with Crippen LogP contribution in [0.3, 0.4) is 0 Å². The molecule has 0 saturated heterocycles. The molecular formula is C64H38. The van der Waals surface area contributed by atoms with Crippen LogP contribution in [0.15, 0.2) is 231 Å². The molecule has 0 heterocycles. The van der Waals surface area contributed by atoms with Crippen molar-refractivity contribution in [2.24, 2.45) is 0 Å². The third kappa shape index (κ3) is 5.17. The van der Waals surface area contributed by atoms with Gasteiger partial charge in [0.15, 0.2) is 0 Å². The highest BCUT2D eigenvalue weighted by Crippen LogP contribution is 2.50. The molecule has 0 aromatic heterocycles. The lowest BCUT2D eigenvalue weighted by atomic mass is 9.81.